The molecule has 7 nitrogen and oxygen atoms in total. The van der Waals surface area contributed by atoms with E-state index in [1.54, 1.807) is 17.6 Å². The lowest BCUT2D eigenvalue weighted by atomic mass is 10.1. The van der Waals surface area contributed by atoms with Crippen LogP contribution < -0.4 is 15.2 Å². The van der Waals surface area contributed by atoms with Crippen LogP contribution in [0.1, 0.15) is 44.1 Å². The molecule has 0 saturated carbocycles. The minimum Gasteiger partial charge on any atom is -0.341 e. The molecule has 2 fully saturated rings. The number of hydrogen-bond acceptors (Lipinski definition) is 8. The fourth-order valence-electron chi connectivity index (χ4n) is 3.39. The van der Waals surface area contributed by atoms with Crippen molar-refractivity contribution < 1.29 is 0 Å². The van der Waals surface area contributed by atoms with E-state index in [-0.39, 0.29) is 0 Å². The van der Waals surface area contributed by atoms with E-state index in [0.29, 0.717) is 5.95 Å². The summed E-state index contributed by atoms with van der Waals surface area (Å²) >= 11 is 1.65. The summed E-state index contributed by atoms with van der Waals surface area (Å²) in [5, 5.41) is 8.39. The Bertz CT molecular complexity index is 683. The number of rotatable bonds is 5. The second-order valence-corrected chi connectivity index (χ2v) is 7.56. The molecule has 8 heteroatoms. The Hall–Kier alpha value is -2.22. The molecule has 2 aromatic rings. The Kier molecular flexibility index (Phi) is 5.59. The number of hydrogen-bond donors (Lipinski definition) is 1. The van der Waals surface area contributed by atoms with Crippen molar-refractivity contribution in [1.29, 1.82) is 0 Å². The lowest BCUT2D eigenvalue weighted by Gasteiger charge is -2.30. The highest BCUT2D eigenvalue weighted by molar-refractivity contribution is 7.08. The van der Waals surface area contributed by atoms with Crippen LogP contribution >= 0.6 is 11.3 Å². The maximum atomic E-state index is 4.78. The largest absolute Gasteiger partial charge is 0.341 e. The molecule has 2 saturated heterocycles. The van der Waals surface area contributed by atoms with Crippen molar-refractivity contribution in [2.45, 2.75) is 38.5 Å². The summed E-state index contributed by atoms with van der Waals surface area (Å²) in [7, 11) is 0. The topological polar surface area (TPSA) is 69.5 Å². The smallest absolute Gasteiger partial charge is 0.250 e. The lowest BCUT2D eigenvalue weighted by Crippen LogP contribution is -2.34. The molecular weight excluding hydrogens is 346 g/mol. The molecule has 138 valence electrons. The average molecular weight is 372 g/mol. The van der Waals surface area contributed by atoms with Crippen LogP contribution in [0.3, 0.4) is 0 Å². The third-order valence-corrected chi connectivity index (χ3v) is 5.51. The van der Waals surface area contributed by atoms with Crippen LogP contribution in [0.15, 0.2) is 21.9 Å². The third-order valence-electron chi connectivity index (χ3n) is 4.81. The number of thiophene rings is 1. The third kappa shape index (κ3) is 4.30. The number of piperidine rings is 2. The van der Waals surface area contributed by atoms with Crippen LogP contribution in [0.2, 0.25) is 0 Å². The van der Waals surface area contributed by atoms with E-state index in [9.17, 15) is 0 Å². The minimum absolute atomic E-state index is 0.521. The molecule has 0 unspecified atom stereocenters. The molecule has 4 rings (SSSR count). The van der Waals surface area contributed by atoms with Gasteiger partial charge in [-0.05, 0) is 55.4 Å². The van der Waals surface area contributed by atoms with E-state index < -0.39 is 0 Å². The van der Waals surface area contributed by atoms with E-state index in [2.05, 4.69) is 35.7 Å². The van der Waals surface area contributed by atoms with Crippen molar-refractivity contribution in [2.24, 2.45) is 5.10 Å². The first-order valence-electron chi connectivity index (χ1n) is 9.46. The number of aromatic nitrogens is 3. The van der Waals surface area contributed by atoms with Crippen molar-refractivity contribution >= 4 is 35.4 Å². The molecule has 4 heterocycles. The van der Waals surface area contributed by atoms with Crippen LogP contribution in [0, 0.1) is 0 Å². The Morgan fingerprint density at radius 1 is 0.885 bits per heavy atom. The number of nitrogens with zero attached hydrogens (tertiary/aromatic N) is 6. The zero-order valence-electron chi connectivity index (χ0n) is 15.0. The Balaban J connectivity index is 1.56. The summed E-state index contributed by atoms with van der Waals surface area (Å²) in [6, 6.07) is 2.03. The standard InChI is InChI=1S/C18H25N7S/c1-3-8-24(9-4-1)17-20-16(23-19-13-15-7-12-26-14-15)21-18(22-17)25-10-5-2-6-11-25/h7,12-14H,1-6,8-11H2,(H,20,21,22,23)/b19-13-. The summed E-state index contributed by atoms with van der Waals surface area (Å²) in [5.41, 5.74) is 4.07. The predicted octanol–water partition coefficient (Wildman–Crippen LogP) is 3.36. The second kappa shape index (κ2) is 8.44. The van der Waals surface area contributed by atoms with Gasteiger partial charge in [-0.3, -0.25) is 0 Å². The van der Waals surface area contributed by atoms with Crippen LogP contribution in [0.25, 0.3) is 0 Å². The highest BCUT2D eigenvalue weighted by Gasteiger charge is 2.20. The molecule has 0 radical (unpaired) electrons. The zero-order valence-corrected chi connectivity index (χ0v) is 15.8. The van der Waals surface area contributed by atoms with Crippen molar-refractivity contribution in [1.82, 2.24) is 15.0 Å². The monoisotopic (exact) mass is 371 g/mol. The highest BCUT2D eigenvalue weighted by atomic mass is 32.1. The zero-order chi connectivity index (χ0) is 17.6. The van der Waals surface area contributed by atoms with Gasteiger partial charge in [0.2, 0.25) is 17.8 Å². The fourth-order valence-corrected chi connectivity index (χ4v) is 4.00. The minimum atomic E-state index is 0.521. The first-order chi connectivity index (χ1) is 12.9. The van der Waals surface area contributed by atoms with Gasteiger partial charge >= 0.3 is 0 Å². The summed E-state index contributed by atoms with van der Waals surface area (Å²) in [5.74, 6) is 2.06. The van der Waals surface area contributed by atoms with Gasteiger partial charge in [-0.2, -0.15) is 31.4 Å². The van der Waals surface area contributed by atoms with Gasteiger partial charge in [0.15, 0.2) is 0 Å². The molecule has 2 aromatic heterocycles. The Labute approximate surface area is 158 Å². The molecule has 1 N–H and O–H groups in total. The highest BCUT2D eigenvalue weighted by Crippen LogP contribution is 2.22. The summed E-state index contributed by atoms with van der Waals surface area (Å²) in [6.45, 7) is 4.06. The van der Waals surface area contributed by atoms with E-state index in [4.69, 9.17) is 4.98 Å². The van der Waals surface area contributed by atoms with E-state index >= 15 is 0 Å². The van der Waals surface area contributed by atoms with Gasteiger partial charge < -0.3 is 9.80 Å². The summed E-state index contributed by atoms with van der Waals surface area (Å²) in [6.07, 6.45) is 9.16. The molecule has 0 aromatic carbocycles. The quantitative estimate of drug-likeness (QED) is 0.642. The van der Waals surface area contributed by atoms with Crippen LogP contribution in [-0.2, 0) is 0 Å². The normalized spacial score (nSPS) is 18.5. The predicted molar refractivity (Wildman–Crippen MR) is 107 cm³/mol. The maximum absolute atomic E-state index is 4.78. The molecular formula is C18H25N7S. The second-order valence-electron chi connectivity index (χ2n) is 6.78. The van der Waals surface area contributed by atoms with Gasteiger partial charge in [-0.1, -0.05) is 0 Å². The van der Waals surface area contributed by atoms with E-state index in [1.165, 1.54) is 38.5 Å². The van der Waals surface area contributed by atoms with Crippen molar-refractivity contribution in [3.05, 3.63) is 22.4 Å². The maximum Gasteiger partial charge on any atom is 0.250 e. The van der Waals surface area contributed by atoms with Crippen molar-refractivity contribution in [3.8, 4) is 0 Å². The molecule has 2 aliphatic heterocycles. The van der Waals surface area contributed by atoms with Crippen LogP contribution in [0.5, 0.6) is 0 Å². The SMILES string of the molecule is C(=N/Nc1nc(N2CCCCC2)nc(N2CCCCC2)n1)/c1ccsc1. The van der Waals surface area contributed by atoms with Crippen molar-refractivity contribution in [2.75, 3.05) is 41.4 Å². The Morgan fingerprint density at radius 3 is 2.04 bits per heavy atom. The molecule has 0 amide bonds. The number of hydrazone groups is 1. The first-order valence-corrected chi connectivity index (χ1v) is 10.4. The van der Waals surface area contributed by atoms with Gasteiger partial charge in [0.25, 0.3) is 0 Å². The average Bonchev–Trinajstić information content (AvgIpc) is 3.23. The molecule has 0 aliphatic carbocycles. The molecule has 0 atom stereocenters. The van der Waals surface area contributed by atoms with Gasteiger partial charge in [0.1, 0.15) is 0 Å². The fraction of sp³-hybridized carbons (Fsp3) is 0.556. The van der Waals surface area contributed by atoms with Gasteiger partial charge in [0.05, 0.1) is 6.21 Å². The molecule has 26 heavy (non-hydrogen) atoms. The van der Waals surface area contributed by atoms with Gasteiger partial charge in [-0.15, -0.1) is 0 Å². The van der Waals surface area contributed by atoms with Gasteiger partial charge in [0, 0.05) is 31.7 Å². The molecule has 0 bridgehead atoms. The molecule has 0 spiro atoms. The van der Waals surface area contributed by atoms with Crippen LogP contribution in [-0.4, -0.2) is 47.3 Å². The summed E-state index contributed by atoms with van der Waals surface area (Å²) in [4.78, 5) is 18.6. The Morgan fingerprint density at radius 2 is 1.50 bits per heavy atom. The molecule has 2 aliphatic rings. The number of anilines is 3. The first kappa shape index (κ1) is 17.2. The summed E-state index contributed by atoms with van der Waals surface area (Å²) < 4.78 is 0. The lowest BCUT2D eigenvalue weighted by molar-refractivity contribution is 0.556. The van der Waals surface area contributed by atoms with E-state index in [1.807, 2.05) is 11.4 Å². The van der Waals surface area contributed by atoms with Crippen LogP contribution in [0.4, 0.5) is 17.8 Å². The number of nitrogens with one attached hydrogen (secondary N) is 1. The van der Waals surface area contributed by atoms with E-state index in [0.717, 1.165) is 43.6 Å². The van der Waals surface area contributed by atoms with Gasteiger partial charge in [-0.25, -0.2) is 5.43 Å². The van der Waals surface area contributed by atoms with Crippen molar-refractivity contribution in [3.63, 3.8) is 0 Å².